The largest absolute Gasteiger partial charge is 0.456 e. The predicted octanol–water partition coefficient (Wildman–Crippen LogP) is 4.44. The first-order chi connectivity index (χ1) is 8.16. The fourth-order valence-electron chi connectivity index (χ4n) is 1.41. The molecular formula is C14H11BrO2. The van der Waals surface area contributed by atoms with Gasteiger partial charge in [-0.25, -0.2) is 0 Å². The van der Waals surface area contributed by atoms with Crippen LogP contribution in [0, 0.1) is 0 Å². The highest BCUT2D eigenvalue weighted by molar-refractivity contribution is 9.10. The molecule has 0 atom stereocenters. The molecule has 0 heterocycles. The normalized spacial score (nSPS) is 10.0. The summed E-state index contributed by atoms with van der Waals surface area (Å²) in [4.78, 5) is 11.1. The van der Waals surface area contributed by atoms with Crippen molar-refractivity contribution in [3.63, 3.8) is 0 Å². The van der Waals surface area contributed by atoms with Crippen LogP contribution in [0.15, 0.2) is 53.0 Å². The summed E-state index contributed by atoms with van der Waals surface area (Å²) in [5, 5.41) is 0. The Bertz CT molecular complexity index is 532. The quantitative estimate of drug-likeness (QED) is 0.781. The molecule has 86 valence electrons. The molecule has 0 spiro atoms. The summed E-state index contributed by atoms with van der Waals surface area (Å²) in [6.07, 6.45) is 0. The molecule has 0 saturated carbocycles. The third-order valence-electron chi connectivity index (χ3n) is 2.33. The van der Waals surface area contributed by atoms with Crippen LogP contribution in [0.25, 0.3) is 0 Å². The monoisotopic (exact) mass is 290 g/mol. The van der Waals surface area contributed by atoms with E-state index in [4.69, 9.17) is 4.74 Å². The summed E-state index contributed by atoms with van der Waals surface area (Å²) < 4.78 is 6.58. The number of hydrogen-bond acceptors (Lipinski definition) is 2. The van der Waals surface area contributed by atoms with Crippen LogP contribution in [-0.2, 0) is 0 Å². The van der Waals surface area contributed by atoms with Gasteiger partial charge in [-0.15, -0.1) is 0 Å². The molecule has 0 amide bonds. The molecule has 2 aromatic rings. The van der Waals surface area contributed by atoms with E-state index in [0.717, 1.165) is 10.2 Å². The molecule has 2 aromatic carbocycles. The number of halogens is 1. The molecule has 0 bridgehead atoms. The molecule has 2 rings (SSSR count). The fraction of sp³-hybridized carbons (Fsp3) is 0.0714. The number of ether oxygens (including phenoxy) is 1. The summed E-state index contributed by atoms with van der Waals surface area (Å²) in [6, 6.07) is 14.7. The lowest BCUT2D eigenvalue weighted by Crippen LogP contribution is -1.91. The number of rotatable bonds is 3. The SMILES string of the molecule is CC(=O)c1ccc(Oc2ccccc2Br)cc1. The number of benzene rings is 2. The van der Waals surface area contributed by atoms with Gasteiger partial charge in [0.2, 0.25) is 0 Å². The van der Waals surface area contributed by atoms with Crippen molar-refractivity contribution in [2.24, 2.45) is 0 Å². The first kappa shape index (κ1) is 11.9. The first-order valence-corrected chi connectivity index (χ1v) is 5.99. The van der Waals surface area contributed by atoms with Gasteiger partial charge in [0.05, 0.1) is 4.47 Å². The molecule has 3 heteroatoms. The van der Waals surface area contributed by atoms with Gasteiger partial charge < -0.3 is 4.74 Å². The number of para-hydroxylation sites is 1. The Kier molecular flexibility index (Phi) is 3.59. The highest BCUT2D eigenvalue weighted by Gasteiger charge is 2.03. The first-order valence-electron chi connectivity index (χ1n) is 5.20. The second-order valence-corrected chi connectivity index (χ2v) is 4.47. The van der Waals surface area contributed by atoms with Crippen molar-refractivity contribution in [1.29, 1.82) is 0 Å². The molecule has 0 aliphatic rings. The van der Waals surface area contributed by atoms with Gasteiger partial charge in [-0.05, 0) is 59.3 Å². The minimum atomic E-state index is 0.0532. The van der Waals surface area contributed by atoms with Gasteiger partial charge >= 0.3 is 0 Å². The van der Waals surface area contributed by atoms with Crippen LogP contribution < -0.4 is 4.74 Å². The van der Waals surface area contributed by atoms with Gasteiger partial charge in [0.15, 0.2) is 5.78 Å². The van der Waals surface area contributed by atoms with Gasteiger partial charge in [-0.2, -0.15) is 0 Å². The van der Waals surface area contributed by atoms with E-state index in [9.17, 15) is 4.79 Å². The molecule has 0 aromatic heterocycles. The Labute approximate surface area is 108 Å². The van der Waals surface area contributed by atoms with E-state index >= 15 is 0 Å². The van der Waals surface area contributed by atoms with Crippen molar-refractivity contribution < 1.29 is 9.53 Å². The van der Waals surface area contributed by atoms with Crippen LogP contribution >= 0.6 is 15.9 Å². The van der Waals surface area contributed by atoms with E-state index in [-0.39, 0.29) is 5.78 Å². The van der Waals surface area contributed by atoms with Crippen LogP contribution in [0.4, 0.5) is 0 Å². The lowest BCUT2D eigenvalue weighted by atomic mass is 10.1. The lowest BCUT2D eigenvalue weighted by Gasteiger charge is -2.07. The number of carbonyl (C=O) groups excluding carboxylic acids is 1. The van der Waals surface area contributed by atoms with E-state index in [1.165, 1.54) is 0 Å². The van der Waals surface area contributed by atoms with Gasteiger partial charge in [0, 0.05) is 5.56 Å². The molecule has 0 fully saturated rings. The summed E-state index contributed by atoms with van der Waals surface area (Å²) >= 11 is 3.41. The average Bonchev–Trinajstić information content (AvgIpc) is 2.33. The zero-order valence-electron chi connectivity index (χ0n) is 9.31. The van der Waals surface area contributed by atoms with Gasteiger partial charge in [0.25, 0.3) is 0 Å². The van der Waals surface area contributed by atoms with Gasteiger partial charge in [0.1, 0.15) is 11.5 Å². The van der Waals surface area contributed by atoms with Gasteiger partial charge in [-0.3, -0.25) is 4.79 Å². The van der Waals surface area contributed by atoms with Gasteiger partial charge in [-0.1, -0.05) is 12.1 Å². The Morgan fingerprint density at radius 3 is 2.29 bits per heavy atom. The zero-order chi connectivity index (χ0) is 12.3. The molecule has 17 heavy (non-hydrogen) atoms. The van der Waals surface area contributed by atoms with E-state index in [2.05, 4.69) is 15.9 Å². The summed E-state index contributed by atoms with van der Waals surface area (Å²) in [5.74, 6) is 1.52. The van der Waals surface area contributed by atoms with Crippen LogP contribution in [0.3, 0.4) is 0 Å². The number of ketones is 1. The van der Waals surface area contributed by atoms with Crippen LogP contribution in [-0.4, -0.2) is 5.78 Å². The molecule has 0 aliphatic heterocycles. The zero-order valence-corrected chi connectivity index (χ0v) is 10.9. The maximum absolute atomic E-state index is 11.1. The summed E-state index contributed by atoms with van der Waals surface area (Å²) in [7, 11) is 0. The molecule has 0 aliphatic carbocycles. The average molecular weight is 291 g/mol. The minimum Gasteiger partial charge on any atom is -0.456 e. The van der Waals surface area contributed by atoms with Crippen LogP contribution in [0.2, 0.25) is 0 Å². The number of hydrogen-bond donors (Lipinski definition) is 0. The third kappa shape index (κ3) is 2.94. The van der Waals surface area contributed by atoms with Crippen molar-refractivity contribution in [1.82, 2.24) is 0 Å². The molecule has 0 radical (unpaired) electrons. The smallest absolute Gasteiger partial charge is 0.159 e. The molecule has 0 saturated heterocycles. The maximum Gasteiger partial charge on any atom is 0.159 e. The van der Waals surface area contributed by atoms with Crippen LogP contribution in [0.5, 0.6) is 11.5 Å². The van der Waals surface area contributed by atoms with E-state index < -0.39 is 0 Å². The highest BCUT2D eigenvalue weighted by Crippen LogP contribution is 2.29. The Hall–Kier alpha value is -1.61. The van der Waals surface area contributed by atoms with Crippen molar-refractivity contribution in [3.8, 4) is 11.5 Å². The standard InChI is InChI=1S/C14H11BrO2/c1-10(16)11-6-8-12(9-7-11)17-14-5-3-2-4-13(14)15/h2-9H,1H3. The highest BCUT2D eigenvalue weighted by atomic mass is 79.9. The second-order valence-electron chi connectivity index (χ2n) is 3.61. The third-order valence-corrected chi connectivity index (χ3v) is 2.98. The van der Waals surface area contributed by atoms with E-state index in [1.54, 1.807) is 31.2 Å². The lowest BCUT2D eigenvalue weighted by molar-refractivity contribution is 0.101. The maximum atomic E-state index is 11.1. The van der Waals surface area contributed by atoms with Crippen molar-refractivity contribution in [2.75, 3.05) is 0 Å². The fourth-order valence-corrected chi connectivity index (χ4v) is 1.78. The second kappa shape index (κ2) is 5.15. The van der Waals surface area contributed by atoms with Crippen molar-refractivity contribution in [2.45, 2.75) is 6.92 Å². The minimum absolute atomic E-state index is 0.0532. The Morgan fingerprint density at radius 2 is 1.71 bits per heavy atom. The number of Topliss-reactive ketones (excluding diaryl/α,β-unsaturated/α-hetero) is 1. The van der Waals surface area contributed by atoms with Crippen LogP contribution in [0.1, 0.15) is 17.3 Å². The Balaban J connectivity index is 2.20. The van der Waals surface area contributed by atoms with E-state index in [0.29, 0.717) is 11.3 Å². The summed E-state index contributed by atoms with van der Waals surface area (Å²) in [5.41, 5.74) is 0.685. The summed E-state index contributed by atoms with van der Waals surface area (Å²) in [6.45, 7) is 1.55. The Morgan fingerprint density at radius 1 is 1.06 bits per heavy atom. The van der Waals surface area contributed by atoms with Crippen molar-refractivity contribution in [3.05, 3.63) is 58.6 Å². The molecule has 2 nitrogen and oxygen atoms in total. The number of carbonyl (C=O) groups is 1. The predicted molar refractivity (Wildman–Crippen MR) is 70.7 cm³/mol. The molecule has 0 unspecified atom stereocenters. The van der Waals surface area contributed by atoms with Crippen molar-refractivity contribution >= 4 is 21.7 Å². The van der Waals surface area contributed by atoms with E-state index in [1.807, 2.05) is 24.3 Å². The topological polar surface area (TPSA) is 26.3 Å². The molecular weight excluding hydrogens is 280 g/mol. The molecule has 0 N–H and O–H groups in total.